The molecule has 7 nitrogen and oxygen atoms in total. The number of ether oxygens (including phenoxy) is 1. The Kier molecular flexibility index (Phi) is 8.25. The highest BCUT2D eigenvalue weighted by Gasteiger charge is 2.17. The van der Waals surface area contributed by atoms with E-state index in [0.29, 0.717) is 24.8 Å². The van der Waals surface area contributed by atoms with Crippen LogP contribution in [-0.4, -0.2) is 61.0 Å². The van der Waals surface area contributed by atoms with Gasteiger partial charge in [-0.15, -0.1) is 0 Å². The molecule has 2 aromatic rings. The van der Waals surface area contributed by atoms with Gasteiger partial charge in [-0.2, -0.15) is 5.10 Å². The number of aliphatic imine (C=N–C) groups is 1. The second kappa shape index (κ2) is 10.7. The predicted octanol–water partition coefficient (Wildman–Crippen LogP) is 2.18. The number of hydrogen-bond acceptors (Lipinski definition) is 4. The topological polar surface area (TPSA) is 66.7 Å². The van der Waals surface area contributed by atoms with Crippen LogP contribution in [0.2, 0.25) is 0 Å². The molecule has 1 aromatic heterocycles. The minimum atomic E-state index is -0.303. The van der Waals surface area contributed by atoms with Crippen LogP contribution in [0.3, 0.4) is 0 Å². The molecule has 8 heteroatoms. The number of guanidine groups is 1. The van der Waals surface area contributed by atoms with Gasteiger partial charge in [0.25, 0.3) is 0 Å². The summed E-state index contributed by atoms with van der Waals surface area (Å²) in [6.45, 7) is 3.28. The third-order valence-corrected chi connectivity index (χ3v) is 4.47. The third-order valence-electron chi connectivity index (χ3n) is 4.47. The largest absolute Gasteiger partial charge is 0.489 e. The molecule has 0 saturated heterocycles. The fourth-order valence-corrected chi connectivity index (χ4v) is 2.84. The number of rotatable bonds is 9. The molecule has 2 rings (SSSR count). The van der Waals surface area contributed by atoms with E-state index in [2.05, 4.69) is 25.6 Å². The fourth-order valence-electron chi connectivity index (χ4n) is 2.84. The molecular formula is C20H31FN6O. The molecule has 1 heterocycles. The summed E-state index contributed by atoms with van der Waals surface area (Å²) in [5, 5.41) is 10.9. The van der Waals surface area contributed by atoms with E-state index >= 15 is 0 Å². The standard InChI is InChI=1S/C20H31FN6O/c1-6-17(28-18-9-7-8-16(21)10-18)12-23-20(22-2)24-13-19(26(3)4)15-11-25-27(5)14-15/h7-11,14,17,19H,6,12-13H2,1-5H3,(H2,22,23,24). The first-order valence-electron chi connectivity index (χ1n) is 9.44. The molecule has 0 aliphatic rings. The van der Waals surface area contributed by atoms with Crippen LogP contribution in [0, 0.1) is 5.82 Å². The molecule has 0 saturated carbocycles. The minimum absolute atomic E-state index is 0.0941. The van der Waals surface area contributed by atoms with Gasteiger partial charge in [0.1, 0.15) is 17.7 Å². The summed E-state index contributed by atoms with van der Waals surface area (Å²) in [7, 11) is 7.72. The highest BCUT2D eigenvalue weighted by Crippen LogP contribution is 2.16. The lowest BCUT2D eigenvalue weighted by atomic mass is 10.1. The second-order valence-electron chi connectivity index (χ2n) is 6.87. The number of nitrogens with zero attached hydrogens (tertiary/aromatic N) is 4. The van der Waals surface area contributed by atoms with Crippen LogP contribution >= 0.6 is 0 Å². The molecule has 0 amide bonds. The lowest BCUT2D eigenvalue weighted by Gasteiger charge is -2.25. The SMILES string of the molecule is CCC(CNC(=NC)NCC(c1cnn(C)c1)N(C)C)Oc1cccc(F)c1. The lowest BCUT2D eigenvalue weighted by Crippen LogP contribution is -2.45. The number of aryl methyl sites for hydroxylation is 1. The van der Waals surface area contributed by atoms with E-state index in [-0.39, 0.29) is 18.0 Å². The Morgan fingerprint density at radius 3 is 2.64 bits per heavy atom. The Morgan fingerprint density at radius 1 is 1.32 bits per heavy atom. The normalized spacial score (nSPS) is 14.0. The zero-order valence-corrected chi connectivity index (χ0v) is 17.3. The van der Waals surface area contributed by atoms with Gasteiger partial charge in [-0.1, -0.05) is 13.0 Å². The smallest absolute Gasteiger partial charge is 0.191 e. The maximum absolute atomic E-state index is 13.3. The van der Waals surface area contributed by atoms with Gasteiger partial charge in [-0.25, -0.2) is 4.39 Å². The van der Waals surface area contributed by atoms with Gasteiger partial charge in [0.2, 0.25) is 0 Å². The molecule has 0 radical (unpaired) electrons. The summed E-state index contributed by atoms with van der Waals surface area (Å²) in [5.41, 5.74) is 1.14. The van der Waals surface area contributed by atoms with Crippen LogP contribution in [0.1, 0.15) is 24.9 Å². The molecule has 154 valence electrons. The number of benzene rings is 1. The molecular weight excluding hydrogens is 359 g/mol. The molecule has 2 N–H and O–H groups in total. The average molecular weight is 391 g/mol. The third kappa shape index (κ3) is 6.53. The summed E-state index contributed by atoms with van der Waals surface area (Å²) in [6, 6.07) is 6.37. The summed E-state index contributed by atoms with van der Waals surface area (Å²) in [4.78, 5) is 6.42. The van der Waals surface area contributed by atoms with Crippen LogP contribution in [0.15, 0.2) is 41.7 Å². The zero-order valence-electron chi connectivity index (χ0n) is 17.3. The number of hydrogen-bond donors (Lipinski definition) is 2. The Labute approximate surface area is 166 Å². The summed E-state index contributed by atoms with van der Waals surface area (Å²) in [5.74, 6) is 0.917. The van der Waals surface area contributed by atoms with E-state index in [1.54, 1.807) is 23.9 Å². The minimum Gasteiger partial charge on any atom is -0.489 e. The maximum Gasteiger partial charge on any atom is 0.191 e. The van der Waals surface area contributed by atoms with Gasteiger partial charge in [0.15, 0.2) is 5.96 Å². The van der Waals surface area contributed by atoms with Crippen LogP contribution in [0.5, 0.6) is 5.75 Å². The predicted molar refractivity (Wildman–Crippen MR) is 110 cm³/mol. The van der Waals surface area contributed by atoms with Gasteiger partial charge in [-0.3, -0.25) is 9.67 Å². The first-order chi connectivity index (χ1) is 13.4. The molecule has 0 aliphatic heterocycles. The Balaban J connectivity index is 1.88. The van der Waals surface area contributed by atoms with Gasteiger partial charge < -0.3 is 20.3 Å². The van der Waals surface area contributed by atoms with Crippen LogP contribution in [0.4, 0.5) is 4.39 Å². The second-order valence-corrected chi connectivity index (χ2v) is 6.87. The molecule has 2 unspecified atom stereocenters. The highest BCUT2D eigenvalue weighted by molar-refractivity contribution is 5.79. The van der Waals surface area contributed by atoms with E-state index in [4.69, 9.17) is 4.74 Å². The van der Waals surface area contributed by atoms with Crippen molar-refractivity contribution in [3.05, 3.63) is 48.0 Å². The molecule has 0 spiro atoms. The molecule has 0 aliphatic carbocycles. The summed E-state index contributed by atoms with van der Waals surface area (Å²) < 4.78 is 21.0. The van der Waals surface area contributed by atoms with Crippen molar-refractivity contribution >= 4 is 5.96 Å². The van der Waals surface area contributed by atoms with E-state index in [0.717, 1.165) is 12.0 Å². The first kappa shape index (κ1) is 21.7. The number of aromatic nitrogens is 2. The van der Waals surface area contributed by atoms with Crippen molar-refractivity contribution < 1.29 is 9.13 Å². The van der Waals surface area contributed by atoms with Crippen molar-refractivity contribution in [1.29, 1.82) is 0 Å². The van der Waals surface area contributed by atoms with Crippen molar-refractivity contribution in [3.8, 4) is 5.75 Å². The Bertz CT molecular complexity index is 761. The molecule has 0 fully saturated rings. The van der Waals surface area contributed by atoms with Crippen LogP contribution in [0.25, 0.3) is 0 Å². The summed E-state index contributed by atoms with van der Waals surface area (Å²) in [6.07, 6.45) is 4.59. The van der Waals surface area contributed by atoms with E-state index in [1.807, 2.05) is 40.5 Å². The molecule has 28 heavy (non-hydrogen) atoms. The molecule has 2 atom stereocenters. The van der Waals surface area contributed by atoms with Crippen LogP contribution in [-0.2, 0) is 7.05 Å². The van der Waals surface area contributed by atoms with Gasteiger partial charge in [0, 0.05) is 38.5 Å². The van der Waals surface area contributed by atoms with E-state index in [1.165, 1.54) is 12.1 Å². The summed E-state index contributed by atoms with van der Waals surface area (Å²) >= 11 is 0. The first-order valence-corrected chi connectivity index (χ1v) is 9.44. The van der Waals surface area contributed by atoms with Gasteiger partial charge in [-0.05, 0) is 32.6 Å². The molecule has 1 aromatic carbocycles. The van der Waals surface area contributed by atoms with Crippen molar-refractivity contribution in [2.45, 2.75) is 25.5 Å². The van der Waals surface area contributed by atoms with Crippen molar-refractivity contribution in [2.24, 2.45) is 12.0 Å². The van der Waals surface area contributed by atoms with Crippen LogP contribution < -0.4 is 15.4 Å². The van der Waals surface area contributed by atoms with Crippen molar-refractivity contribution in [3.63, 3.8) is 0 Å². The highest BCUT2D eigenvalue weighted by atomic mass is 19.1. The molecule has 0 bridgehead atoms. The van der Waals surface area contributed by atoms with Gasteiger partial charge >= 0.3 is 0 Å². The number of halogens is 1. The fraction of sp³-hybridized carbons (Fsp3) is 0.500. The number of likely N-dealkylation sites (N-methyl/N-ethyl adjacent to an activating group) is 1. The Hall–Kier alpha value is -2.61. The van der Waals surface area contributed by atoms with Gasteiger partial charge in [0.05, 0.1) is 18.8 Å². The zero-order chi connectivity index (χ0) is 20.5. The monoisotopic (exact) mass is 390 g/mol. The van der Waals surface area contributed by atoms with E-state index < -0.39 is 0 Å². The van der Waals surface area contributed by atoms with Crippen molar-refractivity contribution in [2.75, 3.05) is 34.2 Å². The quantitative estimate of drug-likeness (QED) is 0.508. The average Bonchev–Trinajstić information content (AvgIpc) is 3.09. The Morgan fingerprint density at radius 2 is 2.07 bits per heavy atom. The maximum atomic E-state index is 13.3. The van der Waals surface area contributed by atoms with Crippen molar-refractivity contribution in [1.82, 2.24) is 25.3 Å². The van der Waals surface area contributed by atoms with E-state index in [9.17, 15) is 4.39 Å². The lowest BCUT2D eigenvalue weighted by molar-refractivity contribution is 0.198. The number of nitrogens with one attached hydrogen (secondary N) is 2.